The first-order chi connectivity index (χ1) is 18.4. The van der Waals surface area contributed by atoms with Gasteiger partial charge in [-0.2, -0.15) is 10.5 Å². The van der Waals surface area contributed by atoms with Crippen molar-refractivity contribution < 1.29 is 19.0 Å². The molecule has 0 unspecified atom stereocenters. The Labute approximate surface area is 223 Å². The highest BCUT2D eigenvalue weighted by molar-refractivity contribution is 7.98. The predicted molar refractivity (Wildman–Crippen MR) is 141 cm³/mol. The first-order valence-electron chi connectivity index (χ1n) is 11.7. The van der Waals surface area contributed by atoms with E-state index >= 15 is 0 Å². The standard InChI is InChI=1S/C28H24FN5O3S/c1-16-24(33-27(37-16)20-4-2-3-5-23(20)29)15-38-28-22(13-31)25(21(12-30)26(32)34-28)18-9-6-17(7-10-18)8-11-19(36)14-35/h2-7,9-10,19,35-36H,8,11,14-15H2,1H3,(H2,32,34)/t19-/m0/s1. The number of rotatable bonds is 9. The van der Waals surface area contributed by atoms with Crippen LogP contribution in [0.2, 0.25) is 0 Å². The number of benzene rings is 2. The molecule has 4 rings (SSSR count). The molecule has 0 saturated heterocycles. The molecule has 0 spiro atoms. The Balaban J connectivity index is 1.64. The fourth-order valence-corrected chi connectivity index (χ4v) is 4.90. The molecule has 0 aliphatic carbocycles. The number of nitrogens with two attached hydrogens (primary N) is 1. The summed E-state index contributed by atoms with van der Waals surface area (Å²) < 4.78 is 19.9. The second-order valence-electron chi connectivity index (χ2n) is 8.51. The lowest BCUT2D eigenvalue weighted by Gasteiger charge is -2.13. The monoisotopic (exact) mass is 529 g/mol. The van der Waals surface area contributed by atoms with E-state index in [2.05, 4.69) is 22.1 Å². The summed E-state index contributed by atoms with van der Waals surface area (Å²) in [7, 11) is 0. The van der Waals surface area contributed by atoms with E-state index in [9.17, 15) is 20.0 Å². The predicted octanol–water partition coefficient (Wildman–Crippen LogP) is 4.75. The van der Waals surface area contributed by atoms with Crippen LogP contribution in [0.15, 0.2) is 58.0 Å². The van der Waals surface area contributed by atoms with Crippen LogP contribution in [0.1, 0.15) is 34.6 Å². The molecule has 1 atom stereocenters. The van der Waals surface area contributed by atoms with Crippen molar-refractivity contribution in [1.29, 1.82) is 10.5 Å². The van der Waals surface area contributed by atoms with E-state index in [1.54, 1.807) is 37.3 Å². The number of nitriles is 2. The van der Waals surface area contributed by atoms with Crippen LogP contribution in [-0.2, 0) is 12.2 Å². The van der Waals surface area contributed by atoms with E-state index in [0.29, 0.717) is 40.4 Å². The summed E-state index contributed by atoms with van der Waals surface area (Å²) >= 11 is 1.22. The molecule has 4 aromatic rings. The van der Waals surface area contributed by atoms with Crippen LogP contribution in [0.5, 0.6) is 0 Å². The number of hydrogen-bond acceptors (Lipinski definition) is 9. The number of anilines is 1. The minimum Gasteiger partial charge on any atom is -0.441 e. The zero-order chi connectivity index (χ0) is 27.2. The minimum absolute atomic E-state index is 0.00284. The number of aromatic nitrogens is 2. The van der Waals surface area contributed by atoms with E-state index < -0.39 is 11.9 Å². The lowest BCUT2D eigenvalue weighted by Crippen LogP contribution is -2.12. The van der Waals surface area contributed by atoms with Gasteiger partial charge in [0.05, 0.1) is 29.5 Å². The lowest BCUT2D eigenvalue weighted by atomic mass is 9.95. The van der Waals surface area contributed by atoms with Gasteiger partial charge in [0.1, 0.15) is 40.1 Å². The Hall–Kier alpha value is -4.22. The summed E-state index contributed by atoms with van der Waals surface area (Å²) in [5, 5.41) is 38.8. The molecule has 4 N–H and O–H groups in total. The van der Waals surface area contributed by atoms with Crippen LogP contribution in [0.25, 0.3) is 22.6 Å². The molecule has 8 nitrogen and oxygen atoms in total. The van der Waals surface area contributed by atoms with Crippen molar-refractivity contribution >= 4 is 17.6 Å². The maximum absolute atomic E-state index is 14.2. The van der Waals surface area contributed by atoms with Gasteiger partial charge in [0, 0.05) is 11.3 Å². The summed E-state index contributed by atoms with van der Waals surface area (Å²) in [6.07, 6.45) is 0.177. The van der Waals surface area contributed by atoms with Crippen molar-refractivity contribution in [2.45, 2.75) is 36.6 Å². The molecule has 2 aromatic carbocycles. The van der Waals surface area contributed by atoms with Gasteiger partial charge in [0.2, 0.25) is 5.89 Å². The third kappa shape index (κ3) is 5.68. The molecule has 0 amide bonds. The highest BCUT2D eigenvalue weighted by atomic mass is 32.2. The number of hydrogen-bond donors (Lipinski definition) is 3. The second-order valence-corrected chi connectivity index (χ2v) is 9.48. The van der Waals surface area contributed by atoms with Gasteiger partial charge >= 0.3 is 0 Å². The normalized spacial score (nSPS) is 11.6. The lowest BCUT2D eigenvalue weighted by molar-refractivity contribution is 0.0886. The number of aryl methyl sites for hydroxylation is 2. The Bertz CT molecular complexity index is 1540. The zero-order valence-electron chi connectivity index (χ0n) is 20.5. The Morgan fingerprint density at radius 3 is 2.45 bits per heavy atom. The van der Waals surface area contributed by atoms with Crippen LogP contribution in [0.4, 0.5) is 10.2 Å². The summed E-state index contributed by atoms with van der Waals surface area (Å²) in [6, 6.07) is 17.7. The van der Waals surface area contributed by atoms with Gasteiger partial charge in [-0.25, -0.2) is 14.4 Å². The van der Waals surface area contributed by atoms with Gasteiger partial charge in [-0.15, -0.1) is 0 Å². The van der Waals surface area contributed by atoms with Gasteiger partial charge in [-0.05, 0) is 43.0 Å². The zero-order valence-corrected chi connectivity index (χ0v) is 21.3. The third-order valence-electron chi connectivity index (χ3n) is 5.98. The smallest absolute Gasteiger partial charge is 0.229 e. The Morgan fingerprint density at radius 1 is 1.08 bits per heavy atom. The van der Waals surface area contributed by atoms with Gasteiger partial charge in [-0.3, -0.25) is 0 Å². The van der Waals surface area contributed by atoms with E-state index in [4.69, 9.17) is 15.3 Å². The first kappa shape index (κ1) is 26.8. The number of aliphatic hydroxyl groups is 2. The highest BCUT2D eigenvalue weighted by Gasteiger charge is 2.22. The summed E-state index contributed by atoms with van der Waals surface area (Å²) in [5.41, 5.74) is 9.21. The molecule has 0 bridgehead atoms. The molecule has 2 heterocycles. The number of pyridine rings is 1. The van der Waals surface area contributed by atoms with Crippen LogP contribution in [-0.4, -0.2) is 32.9 Å². The molecule has 0 aliphatic heterocycles. The number of aliphatic hydroxyl groups excluding tert-OH is 2. The summed E-state index contributed by atoms with van der Waals surface area (Å²) in [5.74, 6) is 0.515. The molecular formula is C28H24FN5O3S. The van der Waals surface area contributed by atoms with Crippen molar-refractivity contribution in [3.8, 4) is 34.7 Å². The van der Waals surface area contributed by atoms with Gasteiger partial charge < -0.3 is 20.4 Å². The van der Waals surface area contributed by atoms with Crippen molar-refractivity contribution in [2.75, 3.05) is 12.3 Å². The van der Waals surface area contributed by atoms with Gasteiger partial charge in [-0.1, -0.05) is 48.2 Å². The number of oxazole rings is 1. The fourth-order valence-electron chi connectivity index (χ4n) is 3.90. The number of thioether (sulfide) groups is 1. The second kappa shape index (κ2) is 11.9. The molecule has 2 aromatic heterocycles. The van der Waals surface area contributed by atoms with Crippen molar-refractivity contribution in [3.05, 3.63) is 82.5 Å². The molecule has 0 aliphatic rings. The fraction of sp³-hybridized carbons (Fsp3) is 0.214. The molecular weight excluding hydrogens is 505 g/mol. The minimum atomic E-state index is -0.791. The largest absolute Gasteiger partial charge is 0.441 e. The number of nitrogen functional groups attached to an aromatic ring is 1. The van der Waals surface area contributed by atoms with Crippen LogP contribution in [0.3, 0.4) is 0 Å². The van der Waals surface area contributed by atoms with Crippen LogP contribution >= 0.6 is 11.8 Å². The van der Waals surface area contributed by atoms with Crippen molar-refractivity contribution in [1.82, 2.24) is 9.97 Å². The number of nitrogens with zero attached hydrogens (tertiary/aromatic N) is 4. The maximum atomic E-state index is 14.2. The third-order valence-corrected chi connectivity index (χ3v) is 6.96. The Kier molecular flexibility index (Phi) is 8.39. The molecule has 0 saturated carbocycles. The first-order valence-corrected chi connectivity index (χ1v) is 12.7. The average molecular weight is 530 g/mol. The van der Waals surface area contributed by atoms with E-state index in [1.165, 1.54) is 17.8 Å². The van der Waals surface area contributed by atoms with Crippen molar-refractivity contribution in [3.63, 3.8) is 0 Å². The number of halogens is 1. The molecule has 38 heavy (non-hydrogen) atoms. The SMILES string of the molecule is Cc1oc(-c2ccccc2F)nc1CSc1nc(N)c(C#N)c(-c2ccc(CC[C@H](O)CO)cc2)c1C#N. The average Bonchev–Trinajstić information content (AvgIpc) is 3.30. The Morgan fingerprint density at radius 2 is 1.79 bits per heavy atom. The molecule has 192 valence electrons. The molecule has 0 radical (unpaired) electrons. The molecule has 0 fully saturated rings. The van der Waals surface area contributed by atoms with E-state index in [0.717, 1.165) is 5.56 Å². The van der Waals surface area contributed by atoms with Crippen LogP contribution < -0.4 is 5.73 Å². The topological polar surface area (TPSA) is 153 Å². The summed E-state index contributed by atoms with van der Waals surface area (Å²) in [6.45, 7) is 1.43. The quantitative estimate of drug-likeness (QED) is 0.261. The van der Waals surface area contributed by atoms with Crippen molar-refractivity contribution in [2.24, 2.45) is 0 Å². The van der Waals surface area contributed by atoms with Crippen LogP contribution in [0, 0.1) is 35.4 Å². The summed E-state index contributed by atoms with van der Waals surface area (Å²) in [4.78, 5) is 8.76. The van der Waals surface area contributed by atoms with E-state index in [1.807, 2.05) is 12.1 Å². The molecule has 10 heteroatoms. The van der Waals surface area contributed by atoms with Gasteiger partial charge in [0.25, 0.3) is 0 Å². The van der Waals surface area contributed by atoms with E-state index in [-0.39, 0.29) is 40.8 Å². The maximum Gasteiger partial charge on any atom is 0.229 e. The highest BCUT2D eigenvalue weighted by Crippen LogP contribution is 2.37. The van der Waals surface area contributed by atoms with Gasteiger partial charge in [0.15, 0.2) is 0 Å².